The van der Waals surface area contributed by atoms with Gasteiger partial charge < -0.3 is 19.5 Å². The first kappa shape index (κ1) is 15.3. The molecule has 0 bridgehead atoms. The summed E-state index contributed by atoms with van der Waals surface area (Å²) in [6, 6.07) is 11.9. The fourth-order valence-electron chi connectivity index (χ4n) is 4.18. The zero-order valence-corrected chi connectivity index (χ0v) is 14.5. The molecule has 0 saturated carbocycles. The predicted molar refractivity (Wildman–Crippen MR) is 96.9 cm³/mol. The molecule has 0 amide bonds. The lowest BCUT2D eigenvalue weighted by Crippen LogP contribution is -2.27. The molecule has 2 heterocycles. The number of anilines is 1. The number of fused-ring (bicyclic) bond motifs is 2. The van der Waals surface area contributed by atoms with Crippen molar-refractivity contribution in [1.82, 2.24) is 0 Å². The summed E-state index contributed by atoms with van der Waals surface area (Å²) in [6.07, 6.45) is 2.34. The number of carbonyl (C=O) groups is 1. The van der Waals surface area contributed by atoms with Gasteiger partial charge in [0.1, 0.15) is 5.75 Å². The van der Waals surface area contributed by atoms with Crippen LogP contribution in [0, 0.1) is 0 Å². The molecule has 5 nitrogen and oxygen atoms in total. The molecule has 2 aliphatic heterocycles. The number of hydrogen-bond acceptors (Lipinski definition) is 5. The van der Waals surface area contributed by atoms with Crippen LogP contribution < -0.4 is 19.5 Å². The zero-order chi connectivity index (χ0) is 17.7. The van der Waals surface area contributed by atoms with Gasteiger partial charge in [0.05, 0.1) is 7.11 Å². The number of nitrogens with one attached hydrogen (secondary N) is 1. The molecule has 0 radical (unpaired) electrons. The molecule has 1 atom stereocenters. The predicted octanol–water partition coefficient (Wildman–Crippen LogP) is 3.99. The third-order valence-electron chi connectivity index (χ3n) is 5.34. The Labute approximate surface area is 151 Å². The second-order valence-corrected chi connectivity index (χ2v) is 6.76. The minimum Gasteiger partial charge on any atom is -0.496 e. The molecule has 5 rings (SSSR count). The molecule has 3 aliphatic rings. The van der Waals surface area contributed by atoms with Gasteiger partial charge in [0.2, 0.25) is 6.79 Å². The Morgan fingerprint density at radius 3 is 2.73 bits per heavy atom. The van der Waals surface area contributed by atoms with Gasteiger partial charge in [-0.3, -0.25) is 4.79 Å². The van der Waals surface area contributed by atoms with Gasteiger partial charge in [-0.15, -0.1) is 0 Å². The lowest BCUT2D eigenvalue weighted by molar-refractivity contribution is -0.116. The van der Waals surface area contributed by atoms with Gasteiger partial charge in [-0.05, 0) is 30.5 Å². The van der Waals surface area contributed by atoms with E-state index in [0.29, 0.717) is 6.42 Å². The van der Waals surface area contributed by atoms with E-state index in [-0.39, 0.29) is 18.5 Å². The van der Waals surface area contributed by atoms with E-state index in [1.165, 1.54) is 0 Å². The minimum atomic E-state index is -0.167. The standard InChI is InChI=1S/C21H19NO4/c1-24-17-8-3-2-5-12(17)20-13-9-18-19(26-11-25-18)10-15(13)22-14-6-4-7-16(23)21(14)20/h2-3,5,8-10,20,22H,4,6-7,11H2,1H3. The Bertz CT molecular complexity index is 947. The van der Waals surface area contributed by atoms with Crippen LogP contribution in [-0.4, -0.2) is 19.7 Å². The van der Waals surface area contributed by atoms with E-state index >= 15 is 0 Å². The first-order chi connectivity index (χ1) is 12.8. The maximum Gasteiger partial charge on any atom is 0.231 e. The zero-order valence-electron chi connectivity index (χ0n) is 14.5. The smallest absolute Gasteiger partial charge is 0.231 e. The molecule has 26 heavy (non-hydrogen) atoms. The molecule has 0 fully saturated rings. The third-order valence-corrected chi connectivity index (χ3v) is 5.34. The van der Waals surface area contributed by atoms with Gasteiger partial charge in [0.15, 0.2) is 17.3 Å². The van der Waals surface area contributed by atoms with E-state index in [2.05, 4.69) is 5.32 Å². The second kappa shape index (κ2) is 5.80. The highest BCUT2D eigenvalue weighted by Crippen LogP contribution is 2.50. The van der Waals surface area contributed by atoms with Gasteiger partial charge in [-0.2, -0.15) is 0 Å². The van der Waals surface area contributed by atoms with Crippen LogP contribution in [0.3, 0.4) is 0 Å². The number of rotatable bonds is 2. The summed E-state index contributed by atoms with van der Waals surface area (Å²) in [6.45, 7) is 0.226. The van der Waals surface area contributed by atoms with Crippen molar-refractivity contribution >= 4 is 11.5 Å². The van der Waals surface area contributed by atoms with E-state index in [4.69, 9.17) is 14.2 Å². The lowest BCUT2D eigenvalue weighted by Gasteiger charge is -2.34. The van der Waals surface area contributed by atoms with E-state index < -0.39 is 0 Å². The average Bonchev–Trinajstić information content (AvgIpc) is 3.12. The number of ketones is 1. The van der Waals surface area contributed by atoms with Crippen molar-refractivity contribution in [2.45, 2.75) is 25.2 Å². The lowest BCUT2D eigenvalue weighted by atomic mass is 9.75. The monoisotopic (exact) mass is 349 g/mol. The fourth-order valence-corrected chi connectivity index (χ4v) is 4.18. The van der Waals surface area contributed by atoms with Crippen molar-refractivity contribution in [2.75, 3.05) is 19.2 Å². The maximum absolute atomic E-state index is 12.9. The summed E-state index contributed by atoms with van der Waals surface area (Å²) in [7, 11) is 1.67. The Morgan fingerprint density at radius 1 is 1.08 bits per heavy atom. The van der Waals surface area contributed by atoms with Gasteiger partial charge in [0, 0.05) is 40.9 Å². The maximum atomic E-state index is 12.9. The van der Waals surface area contributed by atoms with Crippen LogP contribution in [0.25, 0.3) is 0 Å². The SMILES string of the molecule is COc1ccccc1C1C2=C(CCCC2=O)Nc2cc3c(cc21)OCO3. The van der Waals surface area contributed by atoms with E-state index in [1.807, 2.05) is 36.4 Å². The molecule has 1 aliphatic carbocycles. The Morgan fingerprint density at radius 2 is 1.88 bits per heavy atom. The number of para-hydroxylation sites is 1. The first-order valence-electron chi connectivity index (χ1n) is 8.86. The van der Waals surface area contributed by atoms with Gasteiger partial charge >= 0.3 is 0 Å². The molecule has 2 aromatic carbocycles. The Kier molecular flexibility index (Phi) is 3.42. The normalized spacial score (nSPS) is 20.3. The van der Waals surface area contributed by atoms with Crippen molar-refractivity contribution in [2.24, 2.45) is 0 Å². The van der Waals surface area contributed by atoms with Crippen LogP contribution in [0.4, 0.5) is 5.69 Å². The quantitative estimate of drug-likeness (QED) is 0.888. The molecular formula is C21H19NO4. The van der Waals surface area contributed by atoms with Crippen LogP contribution in [0.5, 0.6) is 17.2 Å². The number of ether oxygens (including phenoxy) is 3. The highest BCUT2D eigenvalue weighted by molar-refractivity contribution is 6.01. The van der Waals surface area contributed by atoms with Crippen LogP contribution >= 0.6 is 0 Å². The average molecular weight is 349 g/mol. The molecule has 5 heteroatoms. The molecular weight excluding hydrogens is 330 g/mol. The third kappa shape index (κ3) is 2.20. The van der Waals surface area contributed by atoms with Crippen molar-refractivity contribution in [1.29, 1.82) is 0 Å². The number of carbonyl (C=O) groups excluding carboxylic acids is 1. The van der Waals surface area contributed by atoms with Gasteiger partial charge in [-0.25, -0.2) is 0 Å². The molecule has 132 valence electrons. The van der Waals surface area contributed by atoms with Crippen molar-refractivity contribution in [3.63, 3.8) is 0 Å². The summed E-state index contributed by atoms with van der Waals surface area (Å²) >= 11 is 0. The molecule has 0 saturated heterocycles. The van der Waals surface area contributed by atoms with Gasteiger partial charge in [0.25, 0.3) is 0 Å². The number of benzene rings is 2. The van der Waals surface area contributed by atoms with E-state index in [0.717, 1.165) is 58.2 Å². The van der Waals surface area contributed by atoms with Gasteiger partial charge in [-0.1, -0.05) is 18.2 Å². The summed E-state index contributed by atoms with van der Waals surface area (Å²) in [5.74, 6) is 2.28. The number of allylic oxidation sites excluding steroid dienone is 2. The fraction of sp³-hybridized carbons (Fsp3) is 0.286. The van der Waals surface area contributed by atoms with E-state index in [1.54, 1.807) is 7.11 Å². The summed E-state index contributed by atoms with van der Waals surface area (Å²) < 4.78 is 16.7. The minimum absolute atomic E-state index is 0.167. The van der Waals surface area contributed by atoms with Crippen LogP contribution in [0.15, 0.2) is 47.7 Å². The highest BCUT2D eigenvalue weighted by atomic mass is 16.7. The van der Waals surface area contributed by atoms with Crippen LogP contribution in [0.2, 0.25) is 0 Å². The van der Waals surface area contributed by atoms with Crippen molar-refractivity contribution in [3.05, 3.63) is 58.8 Å². The van der Waals surface area contributed by atoms with Crippen molar-refractivity contribution < 1.29 is 19.0 Å². The molecule has 0 spiro atoms. The highest BCUT2D eigenvalue weighted by Gasteiger charge is 2.37. The van der Waals surface area contributed by atoms with E-state index in [9.17, 15) is 4.79 Å². The van der Waals surface area contributed by atoms with Crippen LogP contribution in [0.1, 0.15) is 36.3 Å². The van der Waals surface area contributed by atoms with Crippen molar-refractivity contribution in [3.8, 4) is 17.2 Å². The molecule has 2 aromatic rings. The molecule has 1 unspecified atom stereocenters. The van der Waals surface area contributed by atoms with Crippen LogP contribution in [-0.2, 0) is 4.79 Å². The topological polar surface area (TPSA) is 56.8 Å². The number of hydrogen-bond donors (Lipinski definition) is 1. The second-order valence-electron chi connectivity index (χ2n) is 6.76. The Hall–Kier alpha value is -2.95. The largest absolute Gasteiger partial charge is 0.496 e. The number of Topliss-reactive ketones (excluding diaryl/α,β-unsaturated/α-hetero) is 1. The summed E-state index contributed by atoms with van der Waals surface area (Å²) in [4.78, 5) is 12.9. The number of methoxy groups -OCH3 is 1. The Balaban J connectivity index is 1.76. The summed E-state index contributed by atoms with van der Waals surface area (Å²) in [5.41, 5.74) is 4.86. The summed E-state index contributed by atoms with van der Waals surface area (Å²) in [5, 5.41) is 3.48. The molecule has 1 N–H and O–H groups in total. The first-order valence-corrected chi connectivity index (χ1v) is 8.86. The molecule has 0 aromatic heterocycles.